The fourth-order valence-electron chi connectivity index (χ4n) is 2.57. The average Bonchev–Trinajstić information content (AvgIpc) is 2.44. The molecule has 0 fully saturated rings. The maximum absolute atomic E-state index is 3.62. The van der Waals surface area contributed by atoms with Gasteiger partial charge in [0.25, 0.3) is 0 Å². The number of aryl methyl sites for hydroxylation is 2. The molecule has 0 spiro atoms. The third kappa shape index (κ3) is 3.71. The van der Waals surface area contributed by atoms with E-state index >= 15 is 0 Å². The molecule has 2 heteroatoms. The molecule has 0 bridgehead atoms. The quantitative estimate of drug-likeness (QED) is 0.816. The zero-order valence-corrected chi connectivity index (χ0v) is 14.0. The number of hydrogen-bond acceptors (Lipinski definition) is 1. The van der Waals surface area contributed by atoms with Crippen molar-refractivity contribution >= 4 is 15.9 Å². The van der Waals surface area contributed by atoms with Gasteiger partial charge in [-0.2, -0.15) is 0 Å². The summed E-state index contributed by atoms with van der Waals surface area (Å²) in [5.74, 6) is 0. The highest BCUT2D eigenvalue weighted by atomic mass is 79.9. The van der Waals surface area contributed by atoms with E-state index in [9.17, 15) is 0 Å². The summed E-state index contributed by atoms with van der Waals surface area (Å²) >= 11 is 3.61. The van der Waals surface area contributed by atoms with Crippen LogP contribution in [0.5, 0.6) is 0 Å². The molecule has 0 aliphatic carbocycles. The van der Waals surface area contributed by atoms with E-state index in [4.69, 9.17) is 0 Å². The van der Waals surface area contributed by atoms with Crippen molar-refractivity contribution in [2.45, 2.75) is 33.2 Å². The van der Waals surface area contributed by atoms with Crippen LogP contribution in [-0.4, -0.2) is 6.54 Å². The summed E-state index contributed by atoms with van der Waals surface area (Å²) < 4.78 is 1.19. The third-order valence-electron chi connectivity index (χ3n) is 3.66. The van der Waals surface area contributed by atoms with Crippen molar-refractivity contribution in [3.8, 4) is 0 Å². The second kappa shape index (κ2) is 7.05. The Hall–Kier alpha value is -1.12. The monoisotopic (exact) mass is 331 g/mol. The van der Waals surface area contributed by atoms with Crippen LogP contribution in [0, 0.1) is 13.8 Å². The highest BCUT2D eigenvalue weighted by Gasteiger charge is 2.14. The molecular formula is C18H22BrN. The Morgan fingerprint density at radius 1 is 1.05 bits per heavy atom. The Kier molecular flexibility index (Phi) is 5.38. The lowest BCUT2D eigenvalue weighted by molar-refractivity contribution is 0.547. The Balaban J connectivity index is 2.31. The zero-order valence-electron chi connectivity index (χ0n) is 12.4. The molecule has 0 saturated heterocycles. The minimum Gasteiger partial charge on any atom is -0.310 e. The first-order valence-corrected chi connectivity index (χ1v) is 7.95. The number of likely N-dealkylation sites (N-methyl/N-ethyl adjacent to an activating group) is 1. The lowest BCUT2D eigenvalue weighted by atomic mass is 9.94. The maximum Gasteiger partial charge on any atom is 0.0363 e. The molecule has 0 aliphatic rings. The van der Waals surface area contributed by atoms with E-state index in [2.05, 4.69) is 84.5 Å². The first kappa shape index (κ1) is 15.3. The summed E-state index contributed by atoms with van der Waals surface area (Å²) in [6.45, 7) is 7.48. The van der Waals surface area contributed by atoms with Gasteiger partial charge in [-0.25, -0.2) is 0 Å². The minimum absolute atomic E-state index is 0.370. The standard InChI is InChI=1S/C18H22BrN/c1-4-20-18(12-15-8-6-5-7-9-15)16-10-14(3)17(19)11-13(16)2/h5-11,18,20H,4,12H2,1-3H3. The van der Waals surface area contributed by atoms with Gasteiger partial charge >= 0.3 is 0 Å². The van der Waals surface area contributed by atoms with Crippen LogP contribution in [0.15, 0.2) is 46.9 Å². The van der Waals surface area contributed by atoms with E-state index in [1.165, 1.54) is 26.7 Å². The number of rotatable bonds is 5. The van der Waals surface area contributed by atoms with Gasteiger partial charge < -0.3 is 5.32 Å². The van der Waals surface area contributed by atoms with Crippen LogP contribution in [0.3, 0.4) is 0 Å². The fraction of sp³-hybridized carbons (Fsp3) is 0.333. The van der Waals surface area contributed by atoms with Crippen molar-refractivity contribution in [3.05, 3.63) is 69.2 Å². The van der Waals surface area contributed by atoms with Crippen LogP contribution in [0.1, 0.15) is 35.2 Å². The summed E-state index contributed by atoms with van der Waals surface area (Å²) in [5, 5.41) is 3.62. The van der Waals surface area contributed by atoms with E-state index in [1.54, 1.807) is 0 Å². The summed E-state index contributed by atoms with van der Waals surface area (Å²) in [6, 6.07) is 15.6. The normalized spacial score (nSPS) is 12.4. The summed E-state index contributed by atoms with van der Waals surface area (Å²) in [4.78, 5) is 0. The van der Waals surface area contributed by atoms with Crippen molar-refractivity contribution < 1.29 is 0 Å². The highest BCUT2D eigenvalue weighted by molar-refractivity contribution is 9.10. The molecule has 1 N–H and O–H groups in total. The van der Waals surface area contributed by atoms with Crippen LogP contribution in [0.4, 0.5) is 0 Å². The molecule has 1 atom stereocenters. The fourth-order valence-corrected chi connectivity index (χ4v) is 3.02. The number of benzene rings is 2. The van der Waals surface area contributed by atoms with Crippen LogP contribution >= 0.6 is 15.9 Å². The SMILES string of the molecule is CCNC(Cc1ccccc1)c1cc(C)c(Br)cc1C. The van der Waals surface area contributed by atoms with Gasteiger partial charge in [0, 0.05) is 10.5 Å². The average molecular weight is 332 g/mol. The summed E-state index contributed by atoms with van der Waals surface area (Å²) in [7, 11) is 0. The second-order valence-electron chi connectivity index (χ2n) is 5.26. The molecule has 0 aliphatic heterocycles. The largest absolute Gasteiger partial charge is 0.310 e. The Bertz CT molecular complexity index is 563. The molecule has 1 unspecified atom stereocenters. The van der Waals surface area contributed by atoms with Gasteiger partial charge in [0.05, 0.1) is 0 Å². The van der Waals surface area contributed by atoms with Gasteiger partial charge in [-0.05, 0) is 55.1 Å². The molecule has 2 rings (SSSR count). The van der Waals surface area contributed by atoms with Gasteiger partial charge in [-0.1, -0.05) is 59.3 Å². The molecule has 20 heavy (non-hydrogen) atoms. The molecule has 0 saturated carbocycles. The molecule has 0 amide bonds. The van der Waals surface area contributed by atoms with Gasteiger partial charge in [0.1, 0.15) is 0 Å². The third-order valence-corrected chi connectivity index (χ3v) is 4.51. The van der Waals surface area contributed by atoms with Crippen LogP contribution in [-0.2, 0) is 6.42 Å². The van der Waals surface area contributed by atoms with E-state index < -0.39 is 0 Å². The highest BCUT2D eigenvalue weighted by Crippen LogP contribution is 2.27. The molecule has 106 valence electrons. The summed E-state index contributed by atoms with van der Waals surface area (Å²) in [5.41, 5.74) is 5.40. The molecule has 0 radical (unpaired) electrons. The lowest BCUT2D eigenvalue weighted by Gasteiger charge is -2.21. The maximum atomic E-state index is 3.62. The lowest BCUT2D eigenvalue weighted by Crippen LogP contribution is -2.24. The second-order valence-corrected chi connectivity index (χ2v) is 6.11. The van der Waals surface area contributed by atoms with Gasteiger partial charge in [-0.15, -0.1) is 0 Å². The first-order valence-electron chi connectivity index (χ1n) is 7.15. The Morgan fingerprint density at radius 2 is 1.75 bits per heavy atom. The van der Waals surface area contributed by atoms with E-state index in [1.807, 2.05) is 0 Å². The van der Waals surface area contributed by atoms with Crippen molar-refractivity contribution in [1.29, 1.82) is 0 Å². The van der Waals surface area contributed by atoms with Crippen molar-refractivity contribution in [2.24, 2.45) is 0 Å². The predicted molar refractivity (Wildman–Crippen MR) is 90.2 cm³/mol. The van der Waals surface area contributed by atoms with Crippen molar-refractivity contribution in [2.75, 3.05) is 6.54 Å². The number of nitrogens with one attached hydrogen (secondary N) is 1. The van der Waals surface area contributed by atoms with Gasteiger partial charge in [0.2, 0.25) is 0 Å². The molecular weight excluding hydrogens is 310 g/mol. The number of halogens is 1. The first-order chi connectivity index (χ1) is 9.61. The Morgan fingerprint density at radius 3 is 2.40 bits per heavy atom. The summed E-state index contributed by atoms with van der Waals surface area (Å²) in [6.07, 6.45) is 1.02. The predicted octanol–water partition coefficient (Wildman–Crippen LogP) is 4.96. The van der Waals surface area contributed by atoms with Crippen LogP contribution in [0.2, 0.25) is 0 Å². The van der Waals surface area contributed by atoms with Gasteiger partial charge in [0.15, 0.2) is 0 Å². The molecule has 1 nitrogen and oxygen atoms in total. The number of hydrogen-bond donors (Lipinski definition) is 1. The van der Waals surface area contributed by atoms with E-state index in [0.717, 1.165) is 13.0 Å². The van der Waals surface area contributed by atoms with Crippen molar-refractivity contribution in [1.82, 2.24) is 5.32 Å². The zero-order chi connectivity index (χ0) is 14.5. The molecule has 0 aromatic heterocycles. The van der Waals surface area contributed by atoms with Crippen molar-refractivity contribution in [3.63, 3.8) is 0 Å². The molecule has 2 aromatic carbocycles. The minimum atomic E-state index is 0.370. The Labute approximate surface area is 130 Å². The van der Waals surface area contributed by atoms with Gasteiger partial charge in [-0.3, -0.25) is 0 Å². The van der Waals surface area contributed by atoms with Crippen LogP contribution in [0.25, 0.3) is 0 Å². The van der Waals surface area contributed by atoms with E-state index in [-0.39, 0.29) is 0 Å². The topological polar surface area (TPSA) is 12.0 Å². The smallest absolute Gasteiger partial charge is 0.0363 e. The molecule has 0 heterocycles. The van der Waals surface area contributed by atoms with Crippen LogP contribution < -0.4 is 5.32 Å². The van der Waals surface area contributed by atoms with E-state index in [0.29, 0.717) is 6.04 Å². The molecule has 2 aromatic rings.